The number of methoxy groups -OCH3 is 1. The van der Waals surface area contributed by atoms with Crippen LogP contribution in [-0.4, -0.2) is 73.3 Å². The molecule has 17 heteroatoms. The highest BCUT2D eigenvalue weighted by Gasteiger charge is 2.35. The minimum atomic E-state index is -4.63. The van der Waals surface area contributed by atoms with Crippen LogP contribution in [0.5, 0.6) is 5.75 Å². The van der Waals surface area contributed by atoms with Gasteiger partial charge in [0.2, 0.25) is 11.8 Å². The van der Waals surface area contributed by atoms with Crippen molar-refractivity contribution in [3.05, 3.63) is 68.7 Å². The van der Waals surface area contributed by atoms with Gasteiger partial charge < -0.3 is 15.0 Å². The number of alkyl halides is 3. The van der Waals surface area contributed by atoms with Gasteiger partial charge in [-0.1, -0.05) is 12.1 Å². The quantitative estimate of drug-likeness (QED) is 0.182. The number of fused-ring (bicyclic) bond motifs is 2. The number of carbonyl (C=O) groups excluding carboxylic acids is 3. The summed E-state index contributed by atoms with van der Waals surface area (Å²) in [4.78, 5) is 56.6. The number of aryl methyl sites for hydroxylation is 1. The molecule has 2 aliphatic heterocycles. The molecular formula is C38H41F3N8O5S. The Balaban J connectivity index is 0.874. The number of nitrogens with one attached hydrogen (secondary N) is 2. The molecule has 5 aromatic rings. The fraction of sp³-hybridized carbons (Fsp3) is 0.474. The third-order valence-corrected chi connectivity index (χ3v) is 12.3. The highest BCUT2D eigenvalue weighted by molar-refractivity contribution is 7.11. The summed E-state index contributed by atoms with van der Waals surface area (Å²) in [5.41, 5.74) is 2.38. The van der Waals surface area contributed by atoms with Crippen LogP contribution in [0, 0.1) is 5.92 Å². The van der Waals surface area contributed by atoms with Gasteiger partial charge >= 0.3 is 11.9 Å². The van der Waals surface area contributed by atoms with Gasteiger partial charge in [0, 0.05) is 43.0 Å². The Morgan fingerprint density at radius 1 is 1.05 bits per heavy atom. The van der Waals surface area contributed by atoms with Crippen LogP contribution in [0.2, 0.25) is 0 Å². The molecule has 0 bridgehead atoms. The molecule has 1 unspecified atom stereocenters. The lowest BCUT2D eigenvalue weighted by Crippen LogP contribution is -2.44. The average Bonchev–Trinajstić information content (AvgIpc) is 3.89. The van der Waals surface area contributed by atoms with Gasteiger partial charge in [-0.15, -0.1) is 11.3 Å². The first-order valence-corrected chi connectivity index (χ1v) is 19.4. The Hall–Kier alpha value is -5.03. The van der Waals surface area contributed by atoms with Crippen LogP contribution >= 0.6 is 11.3 Å². The first-order valence-electron chi connectivity index (χ1n) is 18.5. The second-order valence-electron chi connectivity index (χ2n) is 14.9. The Kier molecular flexibility index (Phi) is 9.77. The van der Waals surface area contributed by atoms with Crippen molar-refractivity contribution in [1.29, 1.82) is 0 Å². The van der Waals surface area contributed by atoms with Crippen LogP contribution in [-0.2, 0) is 22.8 Å². The fourth-order valence-corrected chi connectivity index (χ4v) is 9.34. The summed E-state index contributed by atoms with van der Waals surface area (Å²) in [7, 11) is 3.21. The van der Waals surface area contributed by atoms with Gasteiger partial charge in [0.1, 0.15) is 11.8 Å². The summed E-state index contributed by atoms with van der Waals surface area (Å²) in [6.45, 7) is 2.94. The smallest absolute Gasteiger partial charge is 0.434 e. The van der Waals surface area contributed by atoms with E-state index >= 15 is 0 Å². The Morgan fingerprint density at radius 2 is 1.82 bits per heavy atom. The number of piperidine rings is 2. The second-order valence-corrected chi connectivity index (χ2v) is 15.7. The standard InChI is InChI=1S/C38H41F3N8O5S/c1-46-33-25(4-3-5-28(33)49(37(46)53)29-10-11-32(50)44-34(29)51)22-12-14-47(15-13-22)18-21-6-8-24(9-7-21)48-19-23-16-27(30(54-2)17-26(23)45-48)42-35(52)36-43-31(20-55-36)38(39,40)41/h3-5,16-17,19-22,24,29H,6-15,18H2,1-2H3,(H,42,52)(H,44,50,51)/t21-,24-,29?. The average molecular weight is 779 g/mol. The lowest BCUT2D eigenvalue weighted by atomic mass is 9.84. The van der Waals surface area contributed by atoms with Crippen molar-refractivity contribution in [2.45, 2.75) is 75.5 Å². The number of imide groups is 1. The molecule has 3 fully saturated rings. The summed E-state index contributed by atoms with van der Waals surface area (Å²) in [6, 6.07) is 8.90. The molecule has 290 valence electrons. The maximum absolute atomic E-state index is 13.4. The van der Waals surface area contributed by atoms with Crippen molar-refractivity contribution in [3.8, 4) is 5.75 Å². The predicted octanol–water partition coefficient (Wildman–Crippen LogP) is 6.01. The van der Waals surface area contributed by atoms with Crippen LogP contribution in [0.25, 0.3) is 21.9 Å². The lowest BCUT2D eigenvalue weighted by molar-refractivity contribution is -0.141. The number of ether oxygens (including phenoxy) is 1. The Morgan fingerprint density at radius 3 is 2.51 bits per heavy atom. The number of thiazole rings is 1. The fourth-order valence-electron chi connectivity index (χ4n) is 8.62. The van der Waals surface area contributed by atoms with E-state index in [1.54, 1.807) is 28.3 Å². The topological polar surface area (TPSA) is 145 Å². The van der Waals surface area contributed by atoms with Crippen molar-refractivity contribution in [1.82, 2.24) is 34.1 Å². The van der Waals surface area contributed by atoms with Crippen LogP contribution in [0.1, 0.15) is 90.4 Å². The predicted molar refractivity (Wildman–Crippen MR) is 199 cm³/mol. The van der Waals surface area contributed by atoms with Gasteiger partial charge in [-0.05, 0) is 87.6 Å². The van der Waals surface area contributed by atoms with E-state index in [-0.39, 0.29) is 35.0 Å². The molecule has 5 heterocycles. The van der Waals surface area contributed by atoms with E-state index < -0.39 is 29.7 Å². The maximum Gasteiger partial charge on any atom is 0.434 e. The minimum absolute atomic E-state index is 0.205. The van der Waals surface area contributed by atoms with E-state index in [0.29, 0.717) is 40.6 Å². The third-order valence-electron chi connectivity index (χ3n) is 11.5. The number of imidazole rings is 1. The maximum atomic E-state index is 13.4. The minimum Gasteiger partial charge on any atom is -0.494 e. The zero-order valence-corrected chi connectivity index (χ0v) is 31.2. The number of benzene rings is 2. The molecule has 3 aromatic heterocycles. The molecule has 1 saturated carbocycles. The van der Waals surface area contributed by atoms with Crippen LogP contribution < -0.4 is 21.1 Å². The lowest BCUT2D eigenvalue weighted by Gasteiger charge is -2.37. The van der Waals surface area contributed by atoms with Crippen LogP contribution in [0.3, 0.4) is 0 Å². The molecule has 3 aliphatic rings. The number of carbonyl (C=O) groups is 3. The molecule has 3 amide bonds. The molecule has 1 aliphatic carbocycles. The third kappa shape index (κ3) is 7.14. The van der Waals surface area contributed by atoms with E-state index in [0.717, 1.165) is 85.5 Å². The monoisotopic (exact) mass is 778 g/mol. The molecule has 2 aromatic carbocycles. The van der Waals surface area contributed by atoms with Gasteiger partial charge in [0.25, 0.3) is 5.91 Å². The summed E-state index contributed by atoms with van der Waals surface area (Å²) in [6.07, 6.45) is 3.84. The molecule has 13 nitrogen and oxygen atoms in total. The zero-order chi connectivity index (χ0) is 38.6. The van der Waals surface area contributed by atoms with E-state index in [4.69, 9.17) is 9.84 Å². The number of aromatic nitrogens is 5. The van der Waals surface area contributed by atoms with Crippen molar-refractivity contribution < 1.29 is 32.3 Å². The molecule has 8 rings (SSSR count). The summed E-state index contributed by atoms with van der Waals surface area (Å²) < 4.78 is 49.7. The normalized spacial score (nSPS) is 21.7. The Bertz CT molecular complexity index is 2350. The second kappa shape index (κ2) is 14.6. The van der Waals surface area contributed by atoms with Crippen molar-refractivity contribution in [3.63, 3.8) is 0 Å². The highest BCUT2D eigenvalue weighted by Crippen LogP contribution is 2.38. The number of rotatable bonds is 8. The molecule has 1 atom stereocenters. The van der Waals surface area contributed by atoms with Gasteiger partial charge in [-0.3, -0.25) is 33.5 Å². The summed E-state index contributed by atoms with van der Waals surface area (Å²) in [5.74, 6) is -0.294. The van der Waals surface area contributed by atoms with Gasteiger partial charge in [0.05, 0.1) is 35.4 Å². The zero-order valence-electron chi connectivity index (χ0n) is 30.4. The number of nitrogens with zero attached hydrogens (tertiary/aromatic N) is 6. The van der Waals surface area contributed by atoms with Crippen molar-refractivity contribution in [2.24, 2.45) is 13.0 Å². The number of halogens is 3. The van der Waals surface area contributed by atoms with E-state index in [1.165, 1.54) is 7.11 Å². The SMILES string of the molecule is COc1cc2nn([C@H]3CC[C@H](CN4CCC(c5cccc6c5n(C)c(=O)n6C5CCC(=O)NC5=O)CC4)CC3)cc2cc1NC(=O)c1nc(C(F)(F)F)cs1. The highest BCUT2D eigenvalue weighted by atomic mass is 32.1. The molecule has 55 heavy (non-hydrogen) atoms. The Labute approximate surface area is 317 Å². The van der Waals surface area contributed by atoms with Gasteiger partial charge in [-0.2, -0.15) is 18.3 Å². The molecule has 2 saturated heterocycles. The first kappa shape index (κ1) is 36.9. The van der Waals surface area contributed by atoms with Crippen LogP contribution in [0.4, 0.5) is 18.9 Å². The number of anilines is 1. The van der Waals surface area contributed by atoms with E-state index in [2.05, 4.69) is 26.6 Å². The van der Waals surface area contributed by atoms with Gasteiger partial charge in [0.15, 0.2) is 10.7 Å². The number of amides is 3. The van der Waals surface area contributed by atoms with Crippen LogP contribution in [0.15, 0.2) is 46.7 Å². The number of hydrogen-bond donors (Lipinski definition) is 2. The largest absolute Gasteiger partial charge is 0.494 e. The van der Waals surface area contributed by atoms with E-state index in [9.17, 15) is 32.3 Å². The van der Waals surface area contributed by atoms with Crippen molar-refractivity contribution >= 4 is 56.7 Å². The molecular weight excluding hydrogens is 738 g/mol. The molecule has 2 N–H and O–H groups in total. The summed E-state index contributed by atoms with van der Waals surface area (Å²) in [5, 5.41) is 11.2. The number of likely N-dealkylation sites (tertiary alicyclic amines) is 1. The van der Waals surface area contributed by atoms with Gasteiger partial charge in [-0.25, -0.2) is 9.78 Å². The molecule has 0 spiro atoms. The number of para-hydroxylation sites is 1. The van der Waals surface area contributed by atoms with E-state index in [1.807, 2.05) is 23.0 Å². The summed E-state index contributed by atoms with van der Waals surface area (Å²) >= 11 is 0.628. The first-order chi connectivity index (χ1) is 26.4. The molecule has 0 radical (unpaired) electrons. The number of hydrogen-bond acceptors (Lipinski definition) is 9. The van der Waals surface area contributed by atoms with Crippen molar-refractivity contribution in [2.75, 3.05) is 32.1 Å².